The number of halogens is 1. The van der Waals surface area contributed by atoms with Crippen LogP contribution in [0.4, 0.5) is 0 Å². The molecule has 0 aliphatic carbocycles. The van der Waals surface area contributed by atoms with Gasteiger partial charge >= 0.3 is 0 Å². The third-order valence-electron chi connectivity index (χ3n) is 4.67. The highest BCUT2D eigenvalue weighted by Crippen LogP contribution is 2.47. The zero-order chi connectivity index (χ0) is 17.6. The Hall–Kier alpha value is -1.51. The van der Waals surface area contributed by atoms with E-state index in [2.05, 4.69) is 58.8 Å². The van der Waals surface area contributed by atoms with Crippen molar-refractivity contribution in [1.29, 1.82) is 0 Å². The van der Waals surface area contributed by atoms with Gasteiger partial charge in [0.25, 0.3) is 5.91 Å². The summed E-state index contributed by atoms with van der Waals surface area (Å²) < 4.78 is 0.164. The second-order valence-electron chi connectivity index (χ2n) is 6.43. The minimum absolute atomic E-state index is 0.164. The van der Waals surface area contributed by atoms with Crippen LogP contribution in [-0.4, -0.2) is 21.9 Å². The molecule has 0 fully saturated rings. The van der Waals surface area contributed by atoms with Crippen LogP contribution in [0.1, 0.15) is 29.4 Å². The van der Waals surface area contributed by atoms with E-state index in [1.807, 2.05) is 23.9 Å². The van der Waals surface area contributed by atoms with E-state index in [0.717, 1.165) is 22.2 Å². The monoisotopic (exact) mass is 464 g/mol. The number of amides is 1. The molecule has 1 aromatic heterocycles. The van der Waals surface area contributed by atoms with Gasteiger partial charge in [-0.15, -0.1) is 11.8 Å². The van der Waals surface area contributed by atoms with E-state index >= 15 is 0 Å². The molecule has 3 aromatic rings. The molecule has 2 aromatic carbocycles. The van der Waals surface area contributed by atoms with Crippen LogP contribution in [0.25, 0.3) is 22.0 Å². The van der Waals surface area contributed by atoms with E-state index in [0.29, 0.717) is 5.69 Å². The van der Waals surface area contributed by atoms with Gasteiger partial charge in [0, 0.05) is 19.2 Å². The van der Waals surface area contributed by atoms with Crippen molar-refractivity contribution in [2.24, 2.45) is 0 Å². The van der Waals surface area contributed by atoms with Gasteiger partial charge in [0.1, 0.15) is 5.69 Å². The molecule has 1 amide bonds. The first kappa shape index (κ1) is 16.9. The highest BCUT2D eigenvalue weighted by Gasteiger charge is 2.29. The highest BCUT2D eigenvalue weighted by molar-refractivity contribution is 14.1. The number of alkyl halides is 1. The predicted octanol–water partition coefficient (Wildman–Crippen LogP) is 5.10. The zero-order valence-electron chi connectivity index (χ0n) is 13.6. The fraction of sp³-hybridized carbons (Fsp3) is 0.211. The van der Waals surface area contributed by atoms with E-state index in [1.165, 1.54) is 22.4 Å². The Labute approximate surface area is 163 Å². The van der Waals surface area contributed by atoms with Crippen molar-refractivity contribution in [1.82, 2.24) is 10.5 Å². The maximum Gasteiger partial charge on any atom is 0.291 e. The van der Waals surface area contributed by atoms with Crippen molar-refractivity contribution >= 4 is 51.2 Å². The molecular weight excluding hydrogens is 447 g/mol. The molecule has 0 radical (unpaired) electrons. The summed E-state index contributed by atoms with van der Waals surface area (Å²) in [7, 11) is 0. The molecule has 0 bridgehead atoms. The van der Waals surface area contributed by atoms with Gasteiger partial charge < -0.3 is 4.98 Å². The van der Waals surface area contributed by atoms with Crippen LogP contribution in [-0.2, 0) is 3.42 Å². The molecule has 1 aliphatic heterocycles. The summed E-state index contributed by atoms with van der Waals surface area (Å²) in [6, 6.07) is 14.5. The maximum absolute atomic E-state index is 11.6. The van der Waals surface area contributed by atoms with E-state index in [1.54, 1.807) is 11.5 Å². The van der Waals surface area contributed by atoms with E-state index in [-0.39, 0.29) is 3.42 Å². The number of aromatic amines is 1. The standard InChI is InChI=1S/C19H17IN2O2S/c1-19(20)6-7-25-17-5-4-11(8-14(17)19)12-2-3-13-10-16(18(23)22-24)21-15(13)9-12/h2-5,8-10,21,24H,6-7H2,1H3,(H,22,23). The Bertz CT molecular complexity index is 981. The van der Waals surface area contributed by atoms with Gasteiger partial charge in [-0.25, -0.2) is 5.48 Å². The first-order chi connectivity index (χ1) is 12.0. The average Bonchev–Trinajstić information content (AvgIpc) is 3.04. The minimum atomic E-state index is -0.538. The average molecular weight is 464 g/mol. The van der Waals surface area contributed by atoms with Gasteiger partial charge in [-0.1, -0.05) is 40.8 Å². The third-order valence-corrected chi connectivity index (χ3v) is 6.87. The van der Waals surface area contributed by atoms with E-state index < -0.39 is 5.91 Å². The number of carbonyl (C=O) groups excluding carboxylic acids is 1. The van der Waals surface area contributed by atoms with Gasteiger partial charge in [-0.2, -0.15) is 0 Å². The SMILES string of the molecule is CC1(I)CCSc2ccc(-c3ccc4cc(C(=O)NO)[nH]c4c3)cc21. The first-order valence-corrected chi connectivity index (χ1v) is 10.1. The molecule has 1 aliphatic rings. The minimum Gasteiger partial charge on any atom is -0.350 e. The lowest BCUT2D eigenvalue weighted by Crippen LogP contribution is -2.19. The van der Waals surface area contributed by atoms with Crippen molar-refractivity contribution in [3.8, 4) is 11.1 Å². The number of carbonyl (C=O) groups is 1. The number of hydrogen-bond acceptors (Lipinski definition) is 3. The number of hydrogen-bond donors (Lipinski definition) is 3. The van der Waals surface area contributed by atoms with Gasteiger partial charge in [-0.05, 0) is 60.1 Å². The molecule has 0 saturated heterocycles. The summed E-state index contributed by atoms with van der Waals surface area (Å²) in [5.41, 5.74) is 6.56. The lowest BCUT2D eigenvalue weighted by molar-refractivity contribution is 0.0701. The van der Waals surface area contributed by atoms with Crippen LogP contribution in [0, 0.1) is 0 Å². The van der Waals surface area contributed by atoms with Crippen LogP contribution in [0.5, 0.6) is 0 Å². The molecule has 2 heterocycles. The lowest BCUT2D eigenvalue weighted by Gasteiger charge is -2.30. The third kappa shape index (κ3) is 3.07. The zero-order valence-corrected chi connectivity index (χ0v) is 16.6. The summed E-state index contributed by atoms with van der Waals surface area (Å²) in [4.78, 5) is 16.0. The Morgan fingerprint density at radius 2 is 2.00 bits per heavy atom. The quantitative estimate of drug-likeness (QED) is 0.214. The number of nitrogens with one attached hydrogen (secondary N) is 2. The number of thioether (sulfide) groups is 1. The van der Waals surface area contributed by atoms with Crippen molar-refractivity contribution in [3.63, 3.8) is 0 Å². The number of H-pyrrole nitrogens is 1. The molecule has 128 valence electrons. The number of hydroxylamine groups is 1. The van der Waals surface area contributed by atoms with Crippen LogP contribution in [0.2, 0.25) is 0 Å². The molecule has 1 atom stereocenters. The Balaban J connectivity index is 1.78. The highest BCUT2D eigenvalue weighted by atomic mass is 127. The van der Waals surface area contributed by atoms with Crippen molar-refractivity contribution in [2.75, 3.05) is 5.75 Å². The molecule has 4 nitrogen and oxygen atoms in total. The summed E-state index contributed by atoms with van der Waals surface area (Å²) in [5.74, 6) is 0.625. The Morgan fingerprint density at radius 3 is 2.80 bits per heavy atom. The molecule has 25 heavy (non-hydrogen) atoms. The first-order valence-electron chi connectivity index (χ1n) is 8.02. The number of benzene rings is 2. The number of aromatic nitrogens is 1. The van der Waals surface area contributed by atoms with Gasteiger partial charge in [0.05, 0.1) is 0 Å². The molecule has 3 N–H and O–H groups in total. The normalized spacial score (nSPS) is 19.6. The predicted molar refractivity (Wildman–Crippen MR) is 110 cm³/mol. The van der Waals surface area contributed by atoms with E-state index in [4.69, 9.17) is 5.21 Å². The summed E-state index contributed by atoms with van der Waals surface area (Å²) >= 11 is 4.49. The lowest BCUT2D eigenvalue weighted by atomic mass is 9.93. The van der Waals surface area contributed by atoms with Crippen LogP contribution >= 0.6 is 34.4 Å². The van der Waals surface area contributed by atoms with Gasteiger partial charge in [-0.3, -0.25) is 10.0 Å². The molecule has 0 saturated carbocycles. The van der Waals surface area contributed by atoms with Gasteiger partial charge in [0.15, 0.2) is 0 Å². The van der Waals surface area contributed by atoms with Crippen LogP contribution < -0.4 is 5.48 Å². The number of rotatable bonds is 2. The second-order valence-corrected chi connectivity index (χ2v) is 9.95. The topological polar surface area (TPSA) is 65.1 Å². The summed E-state index contributed by atoms with van der Waals surface area (Å²) in [6.45, 7) is 2.30. The van der Waals surface area contributed by atoms with Crippen molar-refractivity contribution < 1.29 is 10.0 Å². The Kier molecular flexibility index (Phi) is 4.29. The molecule has 6 heteroatoms. The molecule has 0 spiro atoms. The van der Waals surface area contributed by atoms with Crippen molar-refractivity contribution in [2.45, 2.75) is 21.7 Å². The molecule has 4 rings (SSSR count). The second kappa shape index (κ2) is 6.34. The summed E-state index contributed by atoms with van der Waals surface area (Å²) in [5, 5.41) is 9.72. The molecule has 1 unspecified atom stereocenters. The fourth-order valence-corrected chi connectivity index (χ4v) is 5.82. The summed E-state index contributed by atoms with van der Waals surface area (Å²) in [6.07, 6.45) is 1.17. The van der Waals surface area contributed by atoms with Gasteiger partial charge in [0.2, 0.25) is 0 Å². The fourth-order valence-electron chi connectivity index (χ4n) is 3.22. The largest absolute Gasteiger partial charge is 0.350 e. The molecular formula is C19H17IN2O2S. The maximum atomic E-state index is 11.6. The van der Waals surface area contributed by atoms with Crippen LogP contribution in [0.15, 0.2) is 47.4 Å². The number of fused-ring (bicyclic) bond motifs is 2. The Morgan fingerprint density at radius 1 is 1.24 bits per heavy atom. The smallest absolute Gasteiger partial charge is 0.291 e. The van der Waals surface area contributed by atoms with E-state index in [9.17, 15) is 4.79 Å². The van der Waals surface area contributed by atoms with Crippen molar-refractivity contribution in [3.05, 3.63) is 53.7 Å². The van der Waals surface area contributed by atoms with Crippen LogP contribution in [0.3, 0.4) is 0 Å².